The summed E-state index contributed by atoms with van der Waals surface area (Å²) in [6, 6.07) is 0. The van der Waals surface area contributed by atoms with Crippen molar-refractivity contribution in [2.75, 3.05) is 6.61 Å². The highest BCUT2D eigenvalue weighted by Gasteiger charge is 2.32. The zero-order valence-corrected chi connectivity index (χ0v) is 15.2. The summed E-state index contributed by atoms with van der Waals surface area (Å²) in [7, 11) is 0. The van der Waals surface area contributed by atoms with Crippen molar-refractivity contribution in [1.82, 2.24) is 4.57 Å². The first-order valence-electron chi connectivity index (χ1n) is 9.01. The number of Topliss-reactive ketones (excluding diaryl/α,β-unsaturated/α-hetero) is 1. The fourth-order valence-corrected chi connectivity index (χ4v) is 3.44. The van der Waals surface area contributed by atoms with Crippen molar-refractivity contribution in [3.8, 4) is 0 Å². The van der Waals surface area contributed by atoms with Crippen LogP contribution in [0.4, 0.5) is 4.39 Å². The lowest BCUT2D eigenvalue weighted by atomic mass is 9.92. The molecular formula is C19H28FNO3. The maximum absolute atomic E-state index is 14.0. The predicted molar refractivity (Wildman–Crippen MR) is 91.1 cm³/mol. The number of rotatable bonds is 7. The lowest BCUT2D eigenvalue weighted by Gasteiger charge is -2.20. The molecule has 1 aromatic rings. The summed E-state index contributed by atoms with van der Waals surface area (Å²) in [6.45, 7) is 8.18. The summed E-state index contributed by atoms with van der Waals surface area (Å²) < 4.78 is 21.1. The van der Waals surface area contributed by atoms with E-state index in [2.05, 4.69) is 0 Å². The number of alkyl halides is 1. The minimum absolute atomic E-state index is 0.0173. The smallest absolute Gasteiger partial charge is 0.340 e. The number of ketones is 1. The van der Waals surface area contributed by atoms with Gasteiger partial charge in [-0.05, 0) is 38.2 Å². The van der Waals surface area contributed by atoms with Gasteiger partial charge in [-0.1, -0.05) is 20.8 Å². The summed E-state index contributed by atoms with van der Waals surface area (Å²) in [6.07, 6.45) is 1.72. The Balaban J connectivity index is 2.51. The van der Waals surface area contributed by atoms with Crippen LogP contribution in [0.25, 0.3) is 0 Å². The first kappa shape index (κ1) is 18.7. The summed E-state index contributed by atoms with van der Waals surface area (Å²) in [5.41, 5.74) is 3.00. The Morgan fingerprint density at radius 3 is 2.62 bits per heavy atom. The van der Waals surface area contributed by atoms with Crippen LogP contribution in [0.3, 0.4) is 0 Å². The summed E-state index contributed by atoms with van der Waals surface area (Å²) in [4.78, 5) is 24.9. The maximum Gasteiger partial charge on any atom is 0.340 e. The number of ether oxygens (including phenoxy) is 1. The number of hydrogen-bond acceptors (Lipinski definition) is 3. The Labute approximate surface area is 143 Å². The number of carbonyl (C=O) groups excluding carboxylic acids is 2. The zero-order chi connectivity index (χ0) is 17.9. The molecule has 0 saturated heterocycles. The van der Waals surface area contributed by atoms with Crippen molar-refractivity contribution < 1.29 is 18.7 Å². The zero-order valence-electron chi connectivity index (χ0n) is 15.2. The van der Waals surface area contributed by atoms with Crippen molar-refractivity contribution in [1.29, 1.82) is 0 Å². The second-order valence-electron chi connectivity index (χ2n) is 6.52. The largest absolute Gasteiger partial charge is 0.462 e. The van der Waals surface area contributed by atoms with Crippen LogP contribution >= 0.6 is 0 Å². The summed E-state index contributed by atoms with van der Waals surface area (Å²) in [5, 5.41) is 0. The molecule has 134 valence electrons. The molecule has 1 aromatic heterocycles. The van der Waals surface area contributed by atoms with Crippen molar-refractivity contribution >= 4 is 11.8 Å². The number of esters is 1. The molecule has 0 saturated carbocycles. The van der Waals surface area contributed by atoms with E-state index in [9.17, 15) is 14.0 Å². The quantitative estimate of drug-likeness (QED) is 0.713. The normalized spacial score (nSPS) is 18.1. The van der Waals surface area contributed by atoms with Gasteiger partial charge in [-0.25, -0.2) is 9.18 Å². The van der Waals surface area contributed by atoms with E-state index in [1.54, 1.807) is 6.92 Å². The number of hydrogen-bond donors (Lipinski definition) is 0. The topological polar surface area (TPSA) is 48.3 Å². The minimum atomic E-state index is -0.934. The Morgan fingerprint density at radius 1 is 1.33 bits per heavy atom. The molecule has 0 aliphatic heterocycles. The molecular weight excluding hydrogens is 309 g/mol. The lowest BCUT2D eigenvalue weighted by Crippen LogP contribution is -2.22. The first-order valence-corrected chi connectivity index (χ1v) is 9.01. The average Bonchev–Trinajstić information content (AvgIpc) is 2.86. The molecule has 1 aliphatic carbocycles. The predicted octanol–water partition coefficient (Wildman–Crippen LogP) is 3.67. The number of fused-ring (bicyclic) bond motifs is 1. The van der Waals surface area contributed by atoms with E-state index in [-0.39, 0.29) is 31.3 Å². The molecule has 2 rings (SSSR count). The number of nitrogens with zero attached hydrogens (tertiary/aromatic N) is 1. The lowest BCUT2D eigenvalue weighted by molar-refractivity contribution is -0.123. The molecule has 0 amide bonds. The van der Waals surface area contributed by atoms with Crippen molar-refractivity contribution in [2.45, 2.75) is 72.5 Å². The highest BCUT2D eigenvalue weighted by atomic mass is 19.1. The van der Waals surface area contributed by atoms with E-state index in [0.29, 0.717) is 24.8 Å². The third-order valence-corrected chi connectivity index (χ3v) is 5.00. The van der Waals surface area contributed by atoms with Gasteiger partial charge < -0.3 is 9.30 Å². The molecule has 0 radical (unpaired) electrons. The highest BCUT2D eigenvalue weighted by Crippen LogP contribution is 2.32. The van der Waals surface area contributed by atoms with Crippen LogP contribution in [0.5, 0.6) is 0 Å². The molecule has 2 unspecified atom stereocenters. The van der Waals surface area contributed by atoms with Crippen LogP contribution in [0.15, 0.2) is 0 Å². The van der Waals surface area contributed by atoms with Gasteiger partial charge in [0.25, 0.3) is 0 Å². The van der Waals surface area contributed by atoms with E-state index in [4.69, 9.17) is 4.74 Å². The molecule has 24 heavy (non-hydrogen) atoms. The maximum atomic E-state index is 14.0. The molecule has 1 heterocycles. The summed E-state index contributed by atoms with van der Waals surface area (Å²) in [5.74, 6) is -0.256. The van der Waals surface area contributed by atoms with Gasteiger partial charge in [0.2, 0.25) is 0 Å². The van der Waals surface area contributed by atoms with Gasteiger partial charge in [-0.3, -0.25) is 4.79 Å². The van der Waals surface area contributed by atoms with Gasteiger partial charge in [0.1, 0.15) is 6.17 Å². The molecule has 2 atom stereocenters. The van der Waals surface area contributed by atoms with E-state index >= 15 is 0 Å². The number of carbonyl (C=O) groups is 2. The summed E-state index contributed by atoms with van der Waals surface area (Å²) >= 11 is 0. The highest BCUT2D eigenvalue weighted by molar-refractivity contribution is 5.93. The van der Waals surface area contributed by atoms with Crippen LogP contribution in [-0.4, -0.2) is 29.1 Å². The Bertz CT molecular complexity index is 621. The van der Waals surface area contributed by atoms with Crippen LogP contribution in [0.1, 0.15) is 67.8 Å². The fraction of sp³-hybridized carbons (Fsp3) is 0.684. The van der Waals surface area contributed by atoms with Crippen molar-refractivity contribution in [3.63, 3.8) is 0 Å². The van der Waals surface area contributed by atoms with Crippen molar-refractivity contribution in [2.24, 2.45) is 5.92 Å². The standard InChI is InChI=1S/C19H28FNO3/c1-5-12(4)17(22)11-21-15(6-2)18(19(23)24-7-3)14-10-13(20)8-9-16(14)21/h12-13H,5-11H2,1-4H3. The SMILES string of the molecule is CCOC(=O)c1c2c(n(CC(=O)C(C)CC)c1CC)CCC(F)C2. The van der Waals surface area contributed by atoms with Gasteiger partial charge >= 0.3 is 5.97 Å². The van der Waals surface area contributed by atoms with Crippen LogP contribution < -0.4 is 0 Å². The van der Waals surface area contributed by atoms with Gasteiger partial charge in [-0.15, -0.1) is 0 Å². The Hall–Kier alpha value is -1.65. The van der Waals surface area contributed by atoms with Gasteiger partial charge in [0.05, 0.1) is 18.7 Å². The second-order valence-corrected chi connectivity index (χ2v) is 6.52. The van der Waals surface area contributed by atoms with Crippen LogP contribution in [-0.2, 0) is 35.3 Å². The molecule has 0 fully saturated rings. The van der Waals surface area contributed by atoms with Crippen LogP contribution in [0.2, 0.25) is 0 Å². The van der Waals surface area contributed by atoms with Gasteiger partial charge in [0.15, 0.2) is 5.78 Å². The molecule has 0 spiro atoms. The molecule has 0 aromatic carbocycles. The Morgan fingerprint density at radius 2 is 2.04 bits per heavy atom. The molecule has 5 heteroatoms. The van der Waals surface area contributed by atoms with Gasteiger partial charge in [-0.2, -0.15) is 0 Å². The molecule has 1 aliphatic rings. The number of halogens is 1. The molecule has 4 nitrogen and oxygen atoms in total. The number of aromatic nitrogens is 1. The minimum Gasteiger partial charge on any atom is -0.462 e. The van der Waals surface area contributed by atoms with Crippen molar-refractivity contribution in [3.05, 3.63) is 22.5 Å². The van der Waals surface area contributed by atoms with E-state index in [1.165, 1.54) is 0 Å². The van der Waals surface area contributed by atoms with Gasteiger partial charge in [0, 0.05) is 23.7 Å². The first-order chi connectivity index (χ1) is 11.4. The third-order valence-electron chi connectivity index (χ3n) is 5.00. The van der Waals surface area contributed by atoms with E-state index < -0.39 is 12.1 Å². The second kappa shape index (κ2) is 7.95. The fourth-order valence-electron chi connectivity index (χ4n) is 3.44. The molecule has 0 N–H and O–H groups in total. The van der Waals surface area contributed by atoms with E-state index in [0.717, 1.165) is 23.4 Å². The third kappa shape index (κ3) is 3.55. The average molecular weight is 337 g/mol. The Kier molecular flexibility index (Phi) is 6.19. The monoisotopic (exact) mass is 337 g/mol. The van der Waals surface area contributed by atoms with Crippen LogP contribution in [0, 0.1) is 5.92 Å². The van der Waals surface area contributed by atoms with E-state index in [1.807, 2.05) is 25.3 Å². The molecule has 0 bridgehead atoms.